The van der Waals surface area contributed by atoms with Gasteiger partial charge in [-0.2, -0.15) is 0 Å². The van der Waals surface area contributed by atoms with Gasteiger partial charge in [0.1, 0.15) is 5.82 Å². The number of ether oxygens (including phenoxy) is 2. The van der Waals surface area contributed by atoms with Gasteiger partial charge >= 0.3 is 0 Å². The highest BCUT2D eigenvalue weighted by molar-refractivity contribution is 5.52. The summed E-state index contributed by atoms with van der Waals surface area (Å²) in [6.45, 7) is 2.70. The summed E-state index contributed by atoms with van der Waals surface area (Å²) in [5, 5.41) is 13.6. The van der Waals surface area contributed by atoms with Gasteiger partial charge in [-0.1, -0.05) is 6.07 Å². The zero-order valence-corrected chi connectivity index (χ0v) is 14.7. The van der Waals surface area contributed by atoms with Gasteiger partial charge in [-0.15, -0.1) is 0 Å². The molecule has 6 heteroatoms. The lowest BCUT2D eigenvalue weighted by molar-refractivity contribution is 0.338. The van der Waals surface area contributed by atoms with Gasteiger partial charge in [-0.25, -0.2) is 4.98 Å². The molecule has 0 bridgehead atoms. The number of phenolic OH excluding ortho intramolecular Hbond substituents is 1. The summed E-state index contributed by atoms with van der Waals surface area (Å²) < 4.78 is 10.4. The molecule has 1 saturated heterocycles. The van der Waals surface area contributed by atoms with Gasteiger partial charge in [0, 0.05) is 31.9 Å². The Bertz CT molecular complexity index is 661. The highest BCUT2D eigenvalue weighted by atomic mass is 16.5. The van der Waals surface area contributed by atoms with E-state index in [9.17, 15) is 5.11 Å². The van der Waals surface area contributed by atoms with Crippen molar-refractivity contribution in [2.24, 2.45) is 0 Å². The van der Waals surface area contributed by atoms with E-state index in [4.69, 9.17) is 9.47 Å². The minimum atomic E-state index is 0.0393. The Hall–Kier alpha value is -2.47. The molecular weight excluding hydrogens is 318 g/mol. The molecule has 0 saturated carbocycles. The standard InChI is InChI=1S/C19H25N3O3/c1-24-16-11-14(12-17(25-2)19(16)23)13-21-15-6-9-22(10-7-15)18-5-3-4-8-20-18/h3-5,8,11-12,15,21,23H,6-7,9-10,13H2,1-2H3. The van der Waals surface area contributed by atoms with Crippen LogP contribution < -0.4 is 19.7 Å². The molecule has 134 valence electrons. The number of phenols is 1. The molecule has 1 aliphatic heterocycles. The topological polar surface area (TPSA) is 66.9 Å². The van der Waals surface area contributed by atoms with Crippen LogP contribution in [0.3, 0.4) is 0 Å². The molecule has 2 heterocycles. The molecule has 25 heavy (non-hydrogen) atoms. The van der Waals surface area contributed by atoms with Crippen LogP contribution in [0.25, 0.3) is 0 Å². The Morgan fingerprint density at radius 2 is 1.84 bits per heavy atom. The second kappa shape index (κ2) is 8.07. The second-order valence-corrected chi connectivity index (χ2v) is 6.18. The zero-order valence-electron chi connectivity index (χ0n) is 14.7. The number of pyridine rings is 1. The van der Waals surface area contributed by atoms with Crippen molar-refractivity contribution in [3.05, 3.63) is 42.1 Å². The minimum Gasteiger partial charge on any atom is -0.502 e. The molecular formula is C19H25N3O3. The van der Waals surface area contributed by atoms with E-state index >= 15 is 0 Å². The van der Waals surface area contributed by atoms with Crippen LogP contribution in [0.5, 0.6) is 17.2 Å². The van der Waals surface area contributed by atoms with Gasteiger partial charge in [-0.3, -0.25) is 0 Å². The fourth-order valence-corrected chi connectivity index (χ4v) is 3.17. The molecule has 2 N–H and O–H groups in total. The Labute approximate surface area is 148 Å². The number of benzene rings is 1. The first-order valence-corrected chi connectivity index (χ1v) is 8.54. The third-order valence-corrected chi connectivity index (χ3v) is 4.60. The predicted octanol–water partition coefficient (Wildman–Crippen LogP) is 2.56. The summed E-state index contributed by atoms with van der Waals surface area (Å²) in [5.41, 5.74) is 1.03. The Morgan fingerprint density at radius 1 is 1.16 bits per heavy atom. The van der Waals surface area contributed by atoms with Crippen LogP contribution in [0.2, 0.25) is 0 Å². The van der Waals surface area contributed by atoms with Crippen LogP contribution in [-0.2, 0) is 6.54 Å². The fraction of sp³-hybridized carbons (Fsp3) is 0.421. The number of nitrogens with one attached hydrogen (secondary N) is 1. The number of methoxy groups -OCH3 is 2. The van der Waals surface area contributed by atoms with Gasteiger partial charge in [0.05, 0.1) is 14.2 Å². The fourth-order valence-electron chi connectivity index (χ4n) is 3.17. The minimum absolute atomic E-state index is 0.0393. The van der Waals surface area contributed by atoms with E-state index < -0.39 is 0 Å². The SMILES string of the molecule is COc1cc(CNC2CCN(c3ccccn3)CC2)cc(OC)c1O. The zero-order chi connectivity index (χ0) is 17.6. The quantitative estimate of drug-likeness (QED) is 0.840. The first-order valence-electron chi connectivity index (χ1n) is 8.54. The van der Waals surface area contributed by atoms with Gasteiger partial charge in [0.2, 0.25) is 5.75 Å². The number of rotatable bonds is 6. The first-order chi connectivity index (χ1) is 12.2. The second-order valence-electron chi connectivity index (χ2n) is 6.18. The van der Waals surface area contributed by atoms with E-state index in [1.807, 2.05) is 30.5 Å². The normalized spacial score (nSPS) is 15.2. The summed E-state index contributed by atoms with van der Waals surface area (Å²) >= 11 is 0. The van der Waals surface area contributed by atoms with Gasteiger partial charge in [-0.05, 0) is 42.7 Å². The van der Waals surface area contributed by atoms with Crippen molar-refractivity contribution in [1.82, 2.24) is 10.3 Å². The van der Waals surface area contributed by atoms with Crippen molar-refractivity contribution in [1.29, 1.82) is 0 Å². The molecule has 0 atom stereocenters. The molecule has 3 rings (SSSR count). The summed E-state index contributed by atoms with van der Waals surface area (Å²) in [5.74, 6) is 1.95. The lowest BCUT2D eigenvalue weighted by Crippen LogP contribution is -2.42. The number of piperidine rings is 1. The van der Waals surface area contributed by atoms with Gasteiger partial charge < -0.3 is 24.8 Å². The number of anilines is 1. The maximum absolute atomic E-state index is 9.99. The van der Waals surface area contributed by atoms with E-state index in [0.717, 1.165) is 37.3 Å². The van der Waals surface area contributed by atoms with Crippen molar-refractivity contribution in [3.63, 3.8) is 0 Å². The van der Waals surface area contributed by atoms with Crippen molar-refractivity contribution in [3.8, 4) is 17.2 Å². The van der Waals surface area contributed by atoms with E-state index in [0.29, 0.717) is 24.1 Å². The number of aromatic hydroxyl groups is 1. The smallest absolute Gasteiger partial charge is 0.200 e. The third-order valence-electron chi connectivity index (χ3n) is 4.60. The molecule has 1 aromatic carbocycles. The van der Waals surface area contributed by atoms with Crippen LogP contribution >= 0.6 is 0 Å². The van der Waals surface area contributed by atoms with E-state index in [1.165, 1.54) is 0 Å². The Kier molecular flexibility index (Phi) is 5.60. The van der Waals surface area contributed by atoms with Crippen molar-refractivity contribution < 1.29 is 14.6 Å². The highest BCUT2D eigenvalue weighted by Crippen LogP contribution is 2.37. The van der Waals surface area contributed by atoms with Crippen molar-refractivity contribution >= 4 is 5.82 Å². The molecule has 1 aromatic heterocycles. The van der Waals surface area contributed by atoms with Crippen LogP contribution in [0.4, 0.5) is 5.82 Å². The summed E-state index contributed by atoms with van der Waals surface area (Å²) in [6, 6.07) is 10.2. The maximum atomic E-state index is 9.99. The average Bonchev–Trinajstić information content (AvgIpc) is 2.68. The van der Waals surface area contributed by atoms with E-state index in [2.05, 4.69) is 21.3 Å². The summed E-state index contributed by atoms with van der Waals surface area (Å²) in [4.78, 5) is 6.75. The molecule has 0 amide bonds. The molecule has 0 unspecified atom stereocenters. The lowest BCUT2D eigenvalue weighted by Gasteiger charge is -2.33. The Morgan fingerprint density at radius 3 is 2.40 bits per heavy atom. The van der Waals surface area contributed by atoms with E-state index in [-0.39, 0.29) is 5.75 Å². The van der Waals surface area contributed by atoms with E-state index in [1.54, 1.807) is 14.2 Å². The molecule has 0 aliphatic carbocycles. The third kappa shape index (κ3) is 4.14. The van der Waals surface area contributed by atoms with Gasteiger partial charge in [0.15, 0.2) is 11.5 Å². The van der Waals surface area contributed by atoms with Gasteiger partial charge in [0.25, 0.3) is 0 Å². The molecule has 1 fully saturated rings. The number of hydrogen-bond donors (Lipinski definition) is 2. The number of aromatic nitrogens is 1. The summed E-state index contributed by atoms with van der Waals surface area (Å²) in [7, 11) is 3.08. The average molecular weight is 343 g/mol. The highest BCUT2D eigenvalue weighted by Gasteiger charge is 2.20. The summed E-state index contributed by atoms with van der Waals surface area (Å²) in [6.07, 6.45) is 3.98. The predicted molar refractivity (Wildman–Crippen MR) is 97.5 cm³/mol. The molecule has 0 spiro atoms. The van der Waals surface area contributed by atoms with Crippen LogP contribution in [0, 0.1) is 0 Å². The van der Waals surface area contributed by atoms with Crippen molar-refractivity contribution in [2.75, 3.05) is 32.2 Å². The Balaban J connectivity index is 1.55. The van der Waals surface area contributed by atoms with Crippen molar-refractivity contribution in [2.45, 2.75) is 25.4 Å². The maximum Gasteiger partial charge on any atom is 0.200 e. The van der Waals surface area contributed by atoms with Crippen LogP contribution in [-0.4, -0.2) is 43.4 Å². The first kappa shape index (κ1) is 17.4. The van der Waals surface area contributed by atoms with Crippen LogP contribution in [0.15, 0.2) is 36.5 Å². The molecule has 0 radical (unpaired) electrons. The lowest BCUT2D eigenvalue weighted by atomic mass is 10.0. The number of nitrogens with zero attached hydrogens (tertiary/aromatic N) is 2. The monoisotopic (exact) mass is 343 g/mol. The molecule has 6 nitrogen and oxygen atoms in total. The molecule has 1 aliphatic rings. The number of hydrogen-bond acceptors (Lipinski definition) is 6. The molecule has 2 aromatic rings. The van der Waals surface area contributed by atoms with Crippen LogP contribution in [0.1, 0.15) is 18.4 Å². The largest absolute Gasteiger partial charge is 0.502 e.